The van der Waals surface area contributed by atoms with Crippen LogP contribution in [-0.4, -0.2) is 36.0 Å². The highest BCUT2D eigenvalue weighted by atomic mass is 32.1. The first-order valence-corrected chi connectivity index (χ1v) is 4.85. The van der Waals surface area contributed by atoms with Gasteiger partial charge in [-0.2, -0.15) is 13.5 Å². The van der Waals surface area contributed by atoms with Crippen LogP contribution in [0.25, 0.3) is 0 Å². The van der Waals surface area contributed by atoms with E-state index in [1.165, 1.54) is 0 Å². The van der Waals surface area contributed by atoms with Crippen LogP contribution in [0.1, 0.15) is 27.2 Å². The van der Waals surface area contributed by atoms with Gasteiger partial charge in [-0.05, 0) is 27.2 Å². The number of carbonyl (C=O) groups excluding carboxylic acids is 2. The molecule has 0 aromatic heterocycles. The highest BCUT2D eigenvalue weighted by Crippen LogP contribution is 2.17. The number of hydrogen-bond acceptors (Lipinski definition) is 3. The second-order valence-electron chi connectivity index (χ2n) is 4.61. The molecule has 0 N–H and O–H groups in total. The zero-order valence-electron chi connectivity index (χ0n) is 9.45. The molecule has 1 fully saturated rings. The van der Waals surface area contributed by atoms with Crippen molar-refractivity contribution in [2.75, 3.05) is 13.1 Å². The molecule has 1 heterocycles. The molecule has 5 heteroatoms. The molecule has 1 saturated heterocycles. The van der Waals surface area contributed by atoms with E-state index < -0.39 is 5.60 Å². The fraction of sp³-hybridized carbons (Fsp3) is 0.800. The van der Waals surface area contributed by atoms with Crippen LogP contribution in [0.4, 0.5) is 4.79 Å². The van der Waals surface area contributed by atoms with E-state index in [1.54, 1.807) is 4.90 Å². The third-order valence-electron chi connectivity index (χ3n) is 2.07. The number of nitrogens with zero attached hydrogens (tertiary/aromatic N) is 1. The zero-order valence-corrected chi connectivity index (χ0v) is 10.4. The molecule has 4 nitrogen and oxygen atoms in total. The maximum atomic E-state index is 11.5. The first kappa shape index (κ1) is 14.3. The van der Waals surface area contributed by atoms with Gasteiger partial charge in [0.05, 0.1) is 0 Å². The molecule has 1 aliphatic rings. The molecule has 1 atom stereocenters. The second-order valence-corrected chi connectivity index (χ2v) is 4.61. The molecular formula is C10H19NO3S. The van der Waals surface area contributed by atoms with Crippen LogP contribution in [0.15, 0.2) is 0 Å². The van der Waals surface area contributed by atoms with Crippen molar-refractivity contribution in [3.05, 3.63) is 0 Å². The Labute approximate surface area is 97.4 Å². The number of hydrogen-bond donors (Lipinski definition) is 0. The highest BCUT2D eigenvalue weighted by molar-refractivity contribution is 7.59. The van der Waals surface area contributed by atoms with Crippen molar-refractivity contribution in [3.63, 3.8) is 0 Å². The van der Waals surface area contributed by atoms with Crippen LogP contribution in [0.5, 0.6) is 0 Å². The van der Waals surface area contributed by atoms with E-state index in [4.69, 9.17) is 4.74 Å². The van der Waals surface area contributed by atoms with Crippen LogP contribution in [0, 0.1) is 5.92 Å². The number of likely N-dealkylation sites (tertiary alicyclic amines) is 1. The Hall–Kier alpha value is -0.710. The molecule has 15 heavy (non-hydrogen) atoms. The van der Waals surface area contributed by atoms with E-state index in [0.29, 0.717) is 13.1 Å². The summed E-state index contributed by atoms with van der Waals surface area (Å²) in [5, 5.41) is 0. The van der Waals surface area contributed by atoms with Gasteiger partial charge in [-0.15, -0.1) is 0 Å². The fourth-order valence-corrected chi connectivity index (χ4v) is 1.39. The lowest BCUT2D eigenvalue weighted by molar-refractivity contribution is -0.110. The summed E-state index contributed by atoms with van der Waals surface area (Å²) in [6.45, 7) is 6.62. The summed E-state index contributed by atoms with van der Waals surface area (Å²) in [4.78, 5) is 23.6. The van der Waals surface area contributed by atoms with E-state index in [-0.39, 0.29) is 25.5 Å². The topological polar surface area (TPSA) is 46.6 Å². The second kappa shape index (κ2) is 5.39. The number of rotatable bonds is 1. The molecule has 0 aliphatic carbocycles. The normalized spacial score (nSPS) is 20.7. The predicted octanol–water partition coefficient (Wildman–Crippen LogP) is 1.56. The Morgan fingerprint density at radius 1 is 1.47 bits per heavy atom. The van der Waals surface area contributed by atoms with E-state index in [9.17, 15) is 9.59 Å². The van der Waals surface area contributed by atoms with Gasteiger partial charge < -0.3 is 14.4 Å². The molecule has 0 unspecified atom stereocenters. The van der Waals surface area contributed by atoms with E-state index in [2.05, 4.69) is 0 Å². The van der Waals surface area contributed by atoms with Gasteiger partial charge in [-0.1, -0.05) is 0 Å². The van der Waals surface area contributed by atoms with Crippen LogP contribution in [0.2, 0.25) is 0 Å². The zero-order chi connectivity index (χ0) is 10.8. The molecule has 0 aromatic carbocycles. The largest absolute Gasteiger partial charge is 0.444 e. The van der Waals surface area contributed by atoms with Gasteiger partial charge in [-0.3, -0.25) is 0 Å². The number of aldehydes is 1. The van der Waals surface area contributed by atoms with Crippen molar-refractivity contribution < 1.29 is 14.3 Å². The number of amides is 1. The van der Waals surface area contributed by atoms with Gasteiger partial charge in [0.1, 0.15) is 11.9 Å². The molecule has 0 spiro atoms. The van der Waals surface area contributed by atoms with Gasteiger partial charge in [-0.25, -0.2) is 4.79 Å². The van der Waals surface area contributed by atoms with E-state index in [0.717, 1.165) is 12.7 Å². The molecule has 0 radical (unpaired) electrons. The van der Waals surface area contributed by atoms with Crippen molar-refractivity contribution in [1.82, 2.24) is 4.90 Å². The average Bonchev–Trinajstić information content (AvgIpc) is 2.48. The number of ether oxygens (including phenoxy) is 1. The first-order valence-electron chi connectivity index (χ1n) is 4.85. The summed E-state index contributed by atoms with van der Waals surface area (Å²) >= 11 is 0. The Balaban J connectivity index is 0.00000196. The molecule has 88 valence electrons. The summed E-state index contributed by atoms with van der Waals surface area (Å²) in [5.41, 5.74) is -0.462. The minimum Gasteiger partial charge on any atom is -0.444 e. The van der Waals surface area contributed by atoms with Gasteiger partial charge >= 0.3 is 6.09 Å². The van der Waals surface area contributed by atoms with Crippen LogP contribution < -0.4 is 0 Å². The van der Waals surface area contributed by atoms with Crippen molar-refractivity contribution in [1.29, 1.82) is 0 Å². The molecular weight excluding hydrogens is 214 g/mol. The molecule has 0 bridgehead atoms. The standard InChI is InChI=1S/C10H17NO3.H2S/c1-10(2,3)14-9(13)11-5-4-8(6-11)7-12;/h7-8H,4-6H2,1-3H3;1H2/t8-;/m1./s1. The molecule has 1 amide bonds. The summed E-state index contributed by atoms with van der Waals surface area (Å²) in [6, 6.07) is 0. The van der Waals surface area contributed by atoms with Crippen molar-refractivity contribution >= 4 is 25.9 Å². The minimum atomic E-state index is -0.462. The molecule has 1 aliphatic heterocycles. The summed E-state index contributed by atoms with van der Waals surface area (Å²) in [6.07, 6.45) is 1.34. The van der Waals surface area contributed by atoms with Gasteiger partial charge in [0.25, 0.3) is 0 Å². The van der Waals surface area contributed by atoms with Crippen LogP contribution in [-0.2, 0) is 9.53 Å². The predicted molar refractivity (Wildman–Crippen MR) is 62.4 cm³/mol. The van der Waals surface area contributed by atoms with Crippen LogP contribution in [0.3, 0.4) is 0 Å². The SMILES string of the molecule is CC(C)(C)OC(=O)N1CC[C@@H](C=O)C1.S. The summed E-state index contributed by atoms with van der Waals surface area (Å²) in [5.74, 6) is -0.0116. The Bertz CT molecular complexity index is 237. The smallest absolute Gasteiger partial charge is 0.410 e. The minimum absolute atomic E-state index is 0. The fourth-order valence-electron chi connectivity index (χ4n) is 1.39. The molecule has 0 aromatic rings. The van der Waals surface area contributed by atoms with Crippen molar-refractivity contribution in [2.24, 2.45) is 5.92 Å². The number of carbonyl (C=O) groups is 2. The first-order chi connectivity index (χ1) is 6.42. The Morgan fingerprint density at radius 2 is 2.07 bits per heavy atom. The van der Waals surface area contributed by atoms with E-state index in [1.807, 2.05) is 20.8 Å². The quantitative estimate of drug-likeness (QED) is 0.646. The molecule has 0 saturated carbocycles. The lowest BCUT2D eigenvalue weighted by atomic mass is 10.1. The highest BCUT2D eigenvalue weighted by Gasteiger charge is 2.29. The third-order valence-corrected chi connectivity index (χ3v) is 2.07. The lowest BCUT2D eigenvalue weighted by Gasteiger charge is -2.24. The van der Waals surface area contributed by atoms with Crippen molar-refractivity contribution in [3.8, 4) is 0 Å². The monoisotopic (exact) mass is 233 g/mol. The van der Waals surface area contributed by atoms with Gasteiger partial charge in [0.15, 0.2) is 0 Å². The van der Waals surface area contributed by atoms with E-state index >= 15 is 0 Å². The maximum Gasteiger partial charge on any atom is 0.410 e. The Morgan fingerprint density at radius 3 is 2.47 bits per heavy atom. The summed E-state index contributed by atoms with van der Waals surface area (Å²) < 4.78 is 5.19. The van der Waals surface area contributed by atoms with Crippen LogP contribution >= 0.6 is 13.5 Å². The summed E-state index contributed by atoms with van der Waals surface area (Å²) in [7, 11) is 0. The van der Waals surface area contributed by atoms with Gasteiger partial charge in [0, 0.05) is 19.0 Å². The Kier molecular flexibility index (Phi) is 5.14. The van der Waals surface area contributed by atoms with Crippen molar-refractivity contribution in [2.45, 2.75) is 32.8 Å². The van der Waals surface area contributed by atoms with Gasteiger partial charge in [0.2, 0.25) is 0 Å². The average molecular weight is 233 g/mol. The third kappa shape index (κ3) is 4.55. The molecule has 1 rings (SSSR count). The maximum absolute atomic E-state index is 11.5. The lowest BCUT2D eigenvalue weighted by Crippen LogP contribution is -2.35.